The Morgan fingerprint density at radius 2 is 1.69 bits per heavy atom. The highest BCUT2D eigenvalue weighted by atomic mass is 16.6. The normalized spacial score (nSPS) is 10.4. The summed E-state index contributed by atoms with van der Waals surface area (Å²) in [5.41, 5.74) is 4.54. The molecule has 0 aromatic heterocycles. The average molecular weight is 476 g/mol. The molecule has 0 atom stereocenters. The van der Waals surface area contributed by atoms with Gasteiger partial charge in [-0.3, -0.25) is 5.32 Å². The minimum Gasteiger partial charge on any atom is -0.449 e. The third-order valence-electron chi connectivity index (χ3n) is 5.38. The van der Waals surface area contributed by atoms with Crippen LogP contribution in [0.4, 0.5) is 15.3 Å². The monoisotopic (exact) mass is 476 g/mol. The molecule has 0 aliphatic carbocycles. The maximum absolute atomic E-state index is 12.3. The van der Waals surface area contributed by atoms with E-state index in [0.717, 1.165) is 22.3 Å². The number of carbonyl (C=O) groups excluding carboxylic acids is 2. The molecule has 0 unspecified atom stereocenters. The molecule has 3 rings (SSSR count). The molecule has 0 fully saturated rings. The van der Waals surface area contributed by atoms with Crippen molar-refractivity contribution in [2.45, 2.75) is 26.5 Å². The third kappa shape index (κ3) is 8.17. The van der Waals surface area contributed by atoms with Crippen LogP contribution < -0.4 is 10.8 Å². The van der Waals surface area contributed by atoms with E-state index in [0.29, 0.717) is 24.1 Å². The highest BCUT2D eigenvalue weighted by molar-refractivity contribution is 6.58. The van der Waals surface area contributed by atoms with Gasteiger partial charge in [0.15, 0.2) is 0 Å². The second-order valence-corrected chi connectivity index (χ2v) is 8.17. The van der Waals surface area contributed by atoms with E-state index in [1.54, 1.807) is 43.4 Å². The summed E-state index contributed by atoms with van der Waals surface area (Å²) >= 11 is 0. The van der Waals surface area contributed by atoms with Gasteiger partial charge >= 0.3 is 19.3 Å². The van der Waals surface area contributed by atoms with Crippen LogP contribution in [0.1, 0.15) is 22.3 Å². The predicted octanol–water partition coefficient (Wildman–Crippen LogP) is 3.23. The van der Waals surface area contributed by atoms with Gasteiger partial charge in [-0.2, -0.15) is 0 Å². The van der Waals surface area contributed by atoms with Crippen LogP contribution >= 0.6 is 0 Å². The summed E-state index contributed by atoms with van der Waals surface area (Å²) in [6.45, 7) is 2.55. The van der Waals surface area contributed by atoms with Crippen molar-refractivity contribution >= 4 is 30.5 Å². The van der Waals surface area contributed by atoms with Crippen molar-refractivity contribution in [2.75, 3.05) is 19.0 Å². The van der Waals surface area contributed by atoms with Gasteiger partial charge in [-0.1, -0.05) is 60.7 Å². The Hall–Kier alpha value is -3.82. The number of aryl methyl sites for hydroxylation is 1. The number of rotatable bonds is 9. The zero-order chi connectivity index (χ0) is 25.2. The summed E-state index contributed by atoms with van der Waals surface area (Å²) in [5.74, 6) is 0. The number of hydrogen-bond acceptors (Lipinski definition) is 6. The second-order valence-electron chi connectivity index (χ2n) is 8.17. The van der Waals surface area contributed by atoms with E-state index in [9.17, 15) is 19.6 Å². The third-order valence-corrected chi connectivity index (χ3v) is 5.38. The number of carbonyl (C=O) groups is 2. The summed E-state index contributed by atoms with van der Waals surface area (Å²) in [5, 5.41) is 21.2. The Balaban J connectivity index is 1.45. The number of anilines is 1. The van der Waals surface area contributed by atoms with Crippen molar-refractivity contribution < 1.29 is 29.1 Å². The van der Waals surface area contributed by atoms with Crippen molar-refractivity contribution in [2.24, 2.45) is 0 Å². The topological polar surface area (TPSA) is 108 Å². The van der Waals surface area contributed by atoms with Crippen LogP contribution in [-0.2, 0) is 29.0 Å². The quantitative estimate of drug-likeness (QED) is 0.410. The highest BCUT2D eigenvalue weighted by Crippen LogP contribution is 2.14. The first-order chi connectivity index (χ1) is 16.8. The lowest BCUT2D eigenvalue weighted by molar-refractivity contribution is 0.103. The number of ether oxygens (including phenoxy) is 2. The molecule has 9 heteroatoms. The molecule has 0 radical (unpaired) electrons. The van der Waals surface area contributed by atoms with Gasteiger partial charge < -0.3 is 24.4 Å². The van der Waals surface area contributed by atoms with Gasteiger partial charge in [-0.05, 0) is 46.8 Å². The van der Waals surface area contributed by atoms with Gasteiger partial charge in [0, 0.05) is 25.7 Å². The summed E-state index contributed by atoms with van der Waals surface area (Å²) in [6, 6.07) is 21.7. The molecule has 3 aromatic carbocycles. The minimum absolute atomic E-state index is 0.170. The first kappa shape index (κ1) is 25.8. The van der Waals surface area contributed by atoms with E-state index in [2.05, 4.69) is 5.32 Å². The molecule has 0 spiro atoms. The zero-order valence-electron chi connectivity index (χ0n) is 19.8. The number of nitrogens with zero attached hydrogens (tertiary/aromatic N) is 1. The van der Waals surface area contributed by atoms with Gasteiger partial charge in [0.25, 0.3) is 0 Å². The van der Waals surface area contributed by atoms with E-state index >= 15 is 0 Å². The van der Waals surface area contributed by atoms with Crippen molar-refractivity contribution in [1.29, 1.82) is 0 Å². The molecule has 0 heterocycles. The van der Waals surface area contributed by atoms with Crippen molar-refractivity contribution in [3.8, 4) is 0 Å². The Morgan fingerprint density at radius 3 is 2.40 bits per heavy atom. The van der Waals surface area contributed by atoms with Crippen molar-refractivity contribution in [3.05, 3.63) is 95.1 Å². The molecule has 0 saturated heterocycles. The van der Waals surface area contributed by atoms with Crippen LogP contribution in [-0.4, -0.2) is 47.9 Å². The number of benzene rings is 3. The van der Waals surface area contributed by atoms with E-state index in [-0.39, 0.29) is 13.2 Å². The van der Waals surface area contributed by atoms with Crippen LogP contribution in [0.3, 0.4) is 0 Å². The van der Waals surface area contributed by atoms with Gasteiger partial charge in [0.2, 0.25) is 0 Å². The Kier molecular flexibility index (Phi) is 9.28. The fraction of sp³-hybridized carbons (Fsp3) is 0.231. The van der Waals surface area contributed by atoms with E-state index in [1.807, 2.05) is 43.3 Å². The molecular weight excluding hydrogens is 447 g/mol. The van der Waals surface area contributed by atoms with E-state index in [1.165, 1.54) is 4.90 Å². The lowest BCUT2D eigenvalue weighted by Crippen LogP contribution is -2.30. The molecule has 0 aliphatic rings. The van der Waals surface area contributed by atoms with Crippen LogP contribution in [0.5, 0.6) is 0 Å². The first-order valence-corrected chi connectivity index (χ1v) is 11.2. The summed E-state index contributed by atoms with van der Waals surface area (Å²) in [6.07, 6.45) is -0.530. The Labute approximate surface area is 205 Å². The first-order valence-electron chi connectivity index (χ1n) is 11.2. The molecule has 3 N–H and O–H groups in total. The van der Waals surface area contributed by atoms with Crippen molar-refractivity contribution in [3.63, 3.8) is 0 Å². The molecule has 35 heavy (non-hydrogen) atoms. The van der Waals surface area contributed by atoms with Gasteiger partial charge in [0.05, 0.1) is 6.61 Å². The van der Waals surface area contributed by atoms with Crippen LogP contribution in [0.2, 0.25) is 0 Å². The molecule has 0 aliphatic heterocycles. The smallest absolute Gasteiger partial charge is 0.449 e. The van der Waals surface area contributed by atoms with E-state index in [4.69, 9.17) is 9.47 Å². The number of nitrogens with one attached hydrogen (secondary N) is 1. The van der Waals surface area contributed by atoms with E-state index < -0.39 is 19.3 Å². The molecule has 8 nitrogen and oxygen atoms in total. The molecule has 0 saturated carbocycles. The minimum atomic E-state index is -1.51. The van der Waals surface area contributed by atoms with Crippen LogP contribution in [0.25, 0.3) is 0 Å². The molecule has 2 amide bonds. The lowest BCUT2D eigenvalue weighted by Gasteiger charge is -2.17. The maximum atomic E-state index is 12.3. The lowest BCUT2D eigenvalue weighted by atomic mass is 9.79. The molecular formula is C26H29BN2O6. The summed E-state index contributed by atoms with van der Waals surface area (Å²) in [7, 11) is 0.137. The standard InChI is InChI=1S/C26H29BN2O6/c1-19-15-23(27(32)33)12-11-22(19)13-14-34-25(30)28-24-10-6-9-21(16-24)17-29(2)26(31)35-18-20-7-4-3-5-8-20/h3-12,15-16,32-33H,13-14,17-18H2,1-2H3,(H,28,30). The van der Waals surface area contributed by atoms with Crippen molar-refractivity contribution in [1.82, 2.24) is 4.90 Å². The van der Waals surface area contributed by atoms with Gasteiger partial charge in [-0.15, -0.1) is 0 Å². The van der Waals surface area contributed by atoms with Gasteiger partial charge in [0.1, 0.15) is 6.61 Å². The second kappa shape index (κ2) is 12.6. The average Bonchev–Trinajstić information content (AvgIpc) is 2.84. The Morgan fingerprint density at radius 1 is 0.943 bits per heavy atom. The van der Waals surface area contributed by atoms with Crippen LogP contribution in [0.15, 0.2) is 72.8 Å². The summed E-state index contributed by atoms with van der Waals surface area (Å²) in [4.78, 5) is 26.0. The fourth-order valence-electron chi connectivity index (χ4n) is 3.48. The van der Waals surface area contributed by atoms with Crippen LogP contribution in [0, 0.1) is 6.92 Å². The number of amides is 2. The Bertz CT molecular complexity index is 1140. The SMILES string of the molecule is Cc1cc(B(O)O)ccc1CCOC(=O)Nc1cccc(CN(C)C(=O)OCc2ccccc2)c1. The number of hydrogen-bond donors (Lipinski definition) is 3. The fourth-order valence-corrected chi connectivity index (χ4v) is 3.48. The summed E-state index contributed by atoms with van der Waals surface area (Å²) < 4.78 is 10.6. The highest BCUT2D eigenvalue weighted by Gasteiger charge is 2.13. The largest absolute Gasteiger partial charge is 0.488 e. The molecule has 3 aromatic rings. The zero-order valence-corrected chi connectivity index (χ0v) is 19.8. The predicted molar refractivity (Wildman–Crippen MR) is 134 cm³/mol. The van der Waals surface area contributed by atoms with Gasteiger partial charge in [-0.25, -0.2) is 9.59 Å². The molecule has 182 valence electrons. The molecule has 0 bridgehead atoms. The maximum Gasteiger partial charge on any atom is 0.488 e.